The van der Waals surface area contributed by atoms with Crippen LogP contribution in [0.5, 0.6) is 0 Å². The van der Waals surface area contributed by atoms with Gasteiger partial charge in [-0.2, -0.15) is 0 Å². The van der Waals surface area contributed by atoms with Crippen LogP contribution < -0.4 is 0 Å². The smallest absolute Gasteiger partial charge is 0.0972 e. The molecule has 0 saturated carbocycles. The van der Waals surface area contributed by atoms with E-state index in [9.17, 15) is 0 Å². The van der Waals surface area contributed by atoms with Gasteiger partial charge in [-0.05, 0) is 12.1 Å². The van der Waals surface area contributed by atoms with E-state index < -0.39 is 0 Å². The van der Waals surface area contributed by atoms with Gasteiger partial charge in [0, 0.05) is 30.0 Å². The minimum absolute atomic E-state index is 0. The summed E-state index contributed by atoms with van der Waals surface area (Å²) in [5, 5.41) is 3.47. The van der Waals surface area contributed by atoms with Crippen LogP contribution in [0.4, 0.5) is 0 Å². The van der Waals surface area contributed by atoms with Gasteiger partial charge in [-0.1, -0.05) is 45.9 Å². The molecule has 3 heterocycles. The number of nitrogens with zero attached hydrogens (tertiary/aromatic N) is 2. The molecule has 0 fully saturated rings. The van der Waals surface area contributed by atoms with Gasteiger partial charge >= 0.3 is 0 Å². The Balaban J connectivity index is 0.000000451. The SMILES string of the molecule is CC.CC.[HH].c1cnc2c(c1)ccc1c3cc[nH]c3cnc12. The summed E-state index contributed by atoms with van der Waals surface area (Å²) in [5.41, 5.74) is 3.00. The Morgan fingerprint density at radius 2 is 1.67 bits per heavy atom. The highest BCUT2D eigenvalue weighted by Crippen LogP contribution is 2.27. The molecule has 3 nitrogen and oxygen atoms in total. The predicted octanol–water partition coefficient (Wildman–Crippen LogP) is 5.56. The molecular formula is C18H23N3. The van der Waals surface area contributed by atoms with E-state index in [1.807, 2.05) is 52.4 Å². The van der Waals surface area contributed by atoms with Crippen LogP contribution in [0.15, 0.2) is 48.9 Å². The Hall–Kier alpha value is -2.42. The van der Waals surface area contributed by atoms with Crippen molar-refractivity contribution in [2.24, 2.45) is 0 Å². The molecule has 0 bridgehead atoms. The number of fused-ring (bicyclic) bond motifs is 5. The summed E-state index contributed by atoms with van der Waals surface area (Å²) in [6.45, 7) is 8.00. The van der Waals surface area contributed by atoms with Crippen molar-refractivity contribution in [3.8, 4) is 0 Å². The van der Waals surface area contributed by atoms with Crippen LogP contribution in [0.3, 0.4) is 0 Å². The maximum atomic E-state index is 4.52. The molecule has 0 aliphatic heterocycles. The molecule has 21 heavy (non-hydrogen) atoms. The van der Waals surface area contributed by atoms with Crippen LogP contribution in [0.2, 0.25) is 0 Å². The van der Waals surface area contributed by atoms with Crippen molar-refractivity contribution < 1.29 is 1.43 Å². The van der Waals surface area contributed by atoms with Crippen LogP contribution in [0.1, 0.15) is 29.1 Å². The summed E-state index contributed by atoms with van der Waals surface area (Å²) >= 11 is 0. The zero-order valence-electron chi connectivity index (χ0n) is 13.0. The first-order valence-corrected chi connectivity index (χ1v) is 7.53. The number of benzene rings is 1. The molecule has 3 aromatic heterocycles. The lowest BCUT2D eigenvalue weighted by molar-refractivity contribution is 1.37. The molecule has 1 aromatic carbocycles. The Labute approximate surface area is 126 Å². The van der Waals surface area contributed by atoms with E-state index in [0.29, 0.717) is 0 Å². The van der Waals surface area contributed by atoms with E-state index in [-0.39, 0.29) is 1.43 Å². The highest BCUT2D eigenvalue weighted by atomic mass is 14.8. The predicted molar refractivity (Wildman–Crippen MR) is 93.7 cm³/mol. The number of aromatic nitrogens is 3. The second-order valence-corrected chi connectivity index (χ2v) is 4.10. The largest absolute Gasteiger partial charge is 0.360 e. The van der Waals surface area contributed by atoms with Gasteiger partial charge in [0.2, 0.25) is 0 Å². The maximum Gasteiger partial charge on any atom is 0.0972 e. The van der Waals surface area contributed by atoms with Crippen molar-refractivity contribution in [1.82, 2.24) is 15.0 Å². The molecule has 0 aliphatic carbocycles. The molecule has 0 amide bonds. The first-order valence-electron chi connectivity index (χ1n) is 7.53. The molecule has 0 radical (unpaired) electrons. The number of hydrogen-bond donors (Lipinski definition) is 1. The van der Waals surface area contributed by atoms with E-state index in [0.717, 1.165) is 27.3 Å². The fourth-order valence-corrected chi connectivity index (χ4v) is 2.33. The lowest BCUT2D eigenvalue weighted by Crippen LogP contribution is -1.85. The van der Waals surface area contributed by atoms with Gasteiger partial charge in [0.05, 0.1) is 22.7 Å². The second-order valence-electron chi connectivity index (χ2n) is 4.10. The Bertz CT molecular complexity index is 852. The third-order valence-corrected chi connectivity index (χ3v) is 3.14. The highest BCUT2D eigenvalue weighted by molar-refractivity contribution is 6.13. The highest BCUT2D eigenvalue weighted by Gasteiger charge is 2.06. The Morgan fingerprint density at radius 3 is 2.48 bits per heavy atom. The molecule has 0 aliphatic rings. The summed E-state index contributed by atoms with van der Waals surface area (Å²) in [5.74, 6) is 0. The van der Waals surface area contributed by atoms with Crippen LogP contribution in [0, 0.1) is 0 Å². The normalized spacial score (nSPS) is 9.90. The Morgan fingerprint density at radius 1 is 0.857 bits per heavy atom. The summed E-state index contributed by atoms with van der Waals surface area (Å²) in [6, 6.07) is 10.3. The topological polar surface area (TPSA) is 41.6 Å². The number of nitrogens with one attached hydrogen (secondary N) is 1. The maximum absolute atomic E-state index is 4.52. The summed E-state index contributed by atoms with van der Waals surface area (Å²) < 4.78 is 0. The lowest BCUT2D eigenvalue weighted by Gasteiger charge is -2.02. The monoisotopic (exact) mass is 281 g/mol. The van der Waals surface area contributed by atoms with E-state index in [2.05, 4.69) is 39.2 Å². The molecule has 1 N–H and O–H groups in total. The minimum atomic E-state index is 0. The molecule has 3 heteroatoms. The second kappa shape index (κ2) is 6.84. The minimum Gasteiger partial charge on any atom is -0.360 e. The molecule has 110 valence electrons. The number of pyridine rings is 2. The third-order valence-electron chi connectivity index (χ3n) is 3.14. The summed E-state index contributed by atoms with van der Waals surface area (Å²) in [6.07, 6.45) is 5.62. The van der Waals surface area contributed by atoms with Gasteiger partial charge in [0.15, 0.2) is 0 Å². The number of rotatable bonds is 0. The number of hydrogen-bond acceptors (Lipinski definition) is 2. The summed E-state index contributed by atoms with van der Waals surface area (Å²) in [7, 11) is 0. The molecule has 0 spiro atoms. The van der Waals surface area contributed by atoms with E-state index in [4.69, 9.17) is 0 Å². The van der Waals surface area contributed by atoms with Crippen molar-refractivity contribution in [2.75, 3.05) is 0 Å². The molecule has 0 atom stereocenters. The van der Waals surface area contributed by atoms with Gasteiger partial charge in [-0.25, -0.2) is 0 Å². The number of aromatic amines is 1. The first kappa shape index (κ1) is 15.0. The third kappa shape index (κ3) is 2.59. The number of H-pyrrole nitrogens is 1. The van der Waals surface area contributed by atoms with Crippen molar-refractivity contribution in [3.63, 3.8) is 0 Å². The fourth-order valence-electron chi connectivity index (χ4n) is 2.33. The van der Waals surface area contributed by atoms with Gasteiger partial charge in [-0.15, -0.1) is 0 Å². The van der Waals surface area contributed by atoms with E-state index in [1.165, 1.54) is 5.39 Å². The van der Waals surface area contributed by atoms with Crippen molar-refractivity contribution in [1.29, 1.82) is 0 Å². The molecule has 0 unspecified atom stereocenters. The van der Waals surface area contributed by atoms with E-state index >= 15 is 0 Å². The molecular weight excluding hydrogens is 258 g/mol. The van der Waals surface area contributed by atoms with Crippen LogP contribution >= 0.6 is 0 Å². The van der Waals surface area contributed by atoms with Crippen LogP contribution in [-0.2, 0) is 0 Å². The van der Waals surface area contributed by atoms with Crippen LogP contribution in [0.25, 0.3) is 32.7 Å². The fraction of sp³-hybridized carbons (Fsp3) is 0.222. The quantitative estimate of drug-likeness (QED) is 0.428. The standard InChI is InChI=1S/C14H9N3.2C2H6.H2/c1-2-9-3-4-11-10-5-7-15-12(10)8-17-14(11)13(9)16-6-1;2*1-2;/h1-8,15H;2*1-2H3;1H. The van der Waals surface area contributed by atoms with Crippen molar-refractivity contribution in [3.05, 3.63) is 48.9 Å². The van der Waals surface area contributed by atoms with Crippen molar-refractivity contribution >= 4 is 32.7 Å². The van der Waals surface area contributed by atoms with E-state index in [1.54, 1.807) is 0 Å². The zero-order chi connectivity index (χ0) is 15.2. The molecule has 4 rings (SSSR count). The summed E-state index contributed by atoms with van der Waals surface area (Å²) in [4.78, 5) is 12.1. The zero-order valence-corrected chi connectivity index (χ0v) is 13.0. The van der Waals surface area contributed by atoms with Crippen LogP contribution in [-0.4, -0.2) is 15.0 Å². The average Bonchev–Trinajstić information content (AvgIpc) is 3.07. The molecule has 4 aromatic rings. The Kier molecular flexibility index (Phi) is 4.88. The van der Waals surface area contributed by atoms with Crippen molar-refractivity contribution in [2.45, 2.75) is 27.7 Å². The average molecular weight is 281 g/mol. The van der Waals surface area contributed by atoms with Gasteiger partial charge in [0.25, 0.3) is 0 Å². The lowest BCUT2D eigenvalue weighted by atomic mass is 10.1. The van der Waals surface area contributed by atoms with Gasteiger partial charge < -0.3 is 4.98 Å². The van der Waals surface area contributed by atoms with Gasteiger partial charge in [-0.3, -0.25) is 9.97 Å². The van der Waals surface area contributed by atoms with Gasteiger partial charge in [0.1, 0.15) is 0 Å². The first-order chi connectivity index (χ1) is 10.4. The molecule has 0 saturated heterocycles.